The molecule has 1 fully saturated rings. The lowest BCUT2D eigenvalue weighted by Gasteiger charge is -2.22. The number of imide groups is 1. The van der Waals surface area contributed by atoms with Crippen LogP contribution in [0.3, 0.4) is 0 Å². The average molecular weight is 443 g/mol. The third kappa shape index (κ3) is 3.65. The molecule has 0 radical (unpaired) electrons. The summed E-state index contributed by atoms with van der Waals surface area (Å²) in [6.45, 7) is 5.35. The number of aryl methyl sites for hydroxylation is 2. The van der Waals surface area contributed by atoms with Gasteiger partial charge in [0.2, 0.25) is 11.7 Å². The van der Waals surface area contributed by atoms with Crippen LogP contribution in [0.15, 0.2) is 53.1 Å². The first kappa shape index (κ1) is 20.6. The standard InChI is InChI=1S/C23H21N7O3/c1-13-7-9-17(10-8-13)23(3)21(31)30(22(32)26-23)12-18-25-20(29-33-18)16-6-4-5-15(11-16)19-24-14(2)27-28-19/h4-11H,12H2,1-3H3,(H,26,32)(H,24,27,28). The molecular formula is C23H21N7O3. The van der Waals surface area contributed by atoms with Crippen LogP contribution < -0.4 is 5.32 Å². The van der Waals surface area contributed by atoms with Crippen LogP contribution in [-0.2, 0) is 16.9 Å². The topological polar surface area (TPSA) is 130 Å². The van der Waals surface area contributed by atoms with E-state index in [2.05, 4.69) is 30.6 Å². The highest BCUT2D eigenvalue weighted by Gasteiger charge is 2.49. The smallest absolute Gasteiger partial charge is 0.325 e. The van der Waals surface area contributed by atoms with Gasteiger partial charge in [-0.1, -0.05) is 53.2 Å². The largest absolute Gasteiger partial charge is 0.337 e. The predicted octanol–water partition coefficient (Wildman–Crippen LogP) is 3.11. The minimum atomic E-state index is -1.16. The van der Waals surface area contributed by atoms with Crippen molar-refractivity contribution in [3.63, 3.8) is 0 Å². The number of rotatable bonds is 5. The molecule has 5 rings (SSSR count). The van der Waals surface area contributed by atoms with Crippen LogP contribution in [0.25, 0.3) is 22.8 Å². The minimum Gasteiger partial charge on any atom is -0.337 e. The second-order valence-electron chi connectivity index (χ2n) is 8.15. The summed E-state index contributed by atoms with van der Waals surface area (Å²) in [5, 5.41) is 13.8. The van der Waals surface area contributed by atoms with Gasteiger partial charge in [-0.25, -0.2) is 9.78 Å². The van der Waals surface area contributed by atoms with E-state index in [9.17, 15) is 9.59 Å². The molecule has 1 saturated heterocycles. The lowest BCUT2D eigenvalue weighted by atomic mass is 9.91. The summed E-state index contributed by atoms with van der Waals surface area (Å²) in [4.78, 5) is 35.6. The Morgan fingerprint density at radius 2 is 1.73 bits per heavy atom. The van der Waals surface area contributed by atoms with E-state index in [1.54, 1.807) is 6.92 Å². The van der Waals surface area contributed by atoms with E-state index in [0.717, 1.165) is 16.0 Å². The van der Waals surface area contributed by atoms with Crippen molar-refractivity contribution in [1.29, 1.82) is 0 Å². The van der Waals surface area contributed by atoms with Gasteiger partial charge >= 0.3 is 6.03 Å². The molecule has 0 aliphatic carbocycles. The van der Waals surface area contributed by atoms with E-state index in [-0.39, 0.29) is 18.3 Å². The van der Waals surface area contributed by atoms with Gasteiger partial charge in [0.1, 0.15) is 17.9 Å². The van der Waals surface area contributed by atoms with E-state index < -0.39 is 11.6 Å². The van der Waals surface area contributed by atoms with Crippen molar-refractivity contribution in [2.24, 2.45) is 0 Å². The van der Waals surface area contributed by atoms with E-state index in [4.69, 9.17) is 4.52 Å². The number of nitrogens with one attached hydrogen (secondary N) is 2. The molecule has 2 aromatic heterocycles. The molecule has 0 saturated carbocycles. The first-order valence-corrected chi connectivity index (χ1v) is 10.4. The van der Waals surface area contributed by atoms with E-state index >= 15 is 0 Å². The quantitative estimate of drug-likeness (QED) is 0.453. The zero-order valence-corrected chi connectivity index (χ0v) is 18.3. The molecule has 1 aliphatic rings. The summed E-state index contributed by atoms with van der Waals surface area (Å²) < 4.78 is 5.34. The number of H-pyrrole nitrogens is 1. The summed E-state index contributed by atoms with van der Waals surface area (Å²) in [6.07, 6.45) is 0. The number of carbonyl (C=O) groups is 2. The highest BCUT2D eigenvalue weighted by molar-refractivity contribution is 6.07. The Kier molecular flexibility index (Phi) is 4.77. The number of aromatic nitrogens is 5. The SMILES string of the molecule is Cc1ccc(C2(C)NC(=O)N(Cc3nc(-c4cccc(-c5n[nH]c(C)n5)c4)no3)C2=O)cc1. The van der Waals surface area contributed by atoms with Crippen molar-refractivity contribution in [1.82, 2.24) is 35.5 Å². The predicted molar refractivity (Wildman–Crippen MR) is 117 cm³/mol. The minimum absolute atomic E-state index is 0.126. The van der Waals surface area contributed by atoms with E-state index in [1.165, 1.54) is 0 Å². The van der Waals surface area contributed by atoms with Gasteiger partial charge in [0.25, 0.3) is 5.91 Å². The third-order valence-corrected chi connectivity index (χ3v) is 5.64. The molecule has 1 aliphatic heterocycles. The van der Waals surface area contributed by atoms with Gasteiger partial charge in [-0.15, -0.1) is 0 Å². The molecule has 4 aromatic rings. The number of carbonyl (C=O) groups excluding carboxylic acids is 2. The molecular weight excluding hydrogens is 422 g/mol. The van der Waals surface area contributed by atoms with E-state index in [0.29, 0.717) is 28.6 Å². The molecule has 10 nitrogen and oxygen atoms in total. The molecule has 3 heterocycles. The summed E-state index contributed by atoms with van der Waals surface area (Å²) in [5.41, 5.74) is 2.12. The molecule has 0 spiro atoms. The Hall–Kier alpha value is -4.34. The Balaban J connectivity index is 1.36. The number of benzene rings is 2. The zero-order chi connectivity index (χ0) is 23.2. The summed E-state index contributed by atoms with van der Waals surface area (Å²) in [6, 6.07) is 14.4. The van der Waals surface area contributed by atoms with Crippen molar-refractivity contribution in [3.05, 3.63) is 71.4 Å². The maximum atomic E-state index is 13.1. The molecule has 2 aromatic carbocycles. The maximum Gasteiger partial charge on any atom is 0.325 e. The van der Waals surface area contributed by atoms with Gasteiger partial charge in [-0.2, -0.15) is 10.1 Å². The lowest BCUT2D eigenvalue weighted by Crippen LogP contribution is -2.40. The highest BCUT2D eigenvalue weighted by Crippen LogP contribution is 2.30. The number of amides is 3. The maximum absolute atomic E-state index is 13.1. The van der Waals surface area contributed by atoms with Crippen LogP contribution in [0, 0.1) is 13.8 Å². The Labute approximate surface area is 189 Å². The van der Waals surface area contributed by atoms with Gasteiger partial charge in [0, 0.05) is 11.1 Å². The van der Waals surface area contributed by atoms with Gasteiger partial charge in [-0.05, 0) is 32.4 Å². The molecule has 2 N–H and O–H groups in total. The van der Waals surface area contributed by atoms with Gasteiger partial charge in [0.15, 0.2) is 5.82 Å². The molecule has 166 valence electrons. The number of urea groups is 1. The zero-order valence-electron chi connectivity index (χ0n) is 18.3. The van der Waals surface area contributed by atoms with Crippen LogP contribution >= 0.6 is 0 Å². The fourth-order valence-electron chi connectivity index (χ4n) is 3.76. The second-order valence-corrected chi connectivity index (χ2v) is 8.15. The second kappa shape index (κ2) is 7.66. The molecule has 33 heavy (non-hydrogen) atoms. The van der Waals surface area contributed by atoms with Crippen LogP contribution in [0.1, 0.15) is 29.8 Å². The van der Waals surface area contributed by atoms with Crippen LogP contribution in [-0.4, -0.2) is 42.2 Å². The van der Waals surface area contributed by atoms with Crippen molar-refractivity contribution in [3.8, 4) is 22.8 Å². The van der Waals surface area contributed by atoms with Crippen molar-refractivity contribution in [2.75, 3.05) is 0 Å². The first-order chi connectivity index (χ1) is 15.8. The fourth-order valence-corrected chi connectivity index (χ4v) is 3.76. The molecule has 0 bridgehead atoms. The number of hydrogen-bond donors (Lipinski definition) is 2. The van der Waals surface area contributed by atoms with Crippen LogP contribution in [0.5, 0.6) is 0 Å². The summed E-state index contributed by atoms with van der Waals surface area (Å²) in [5.74, 6) is 1.39. The monoisotopic (exact) mass is 443 g/mol. The van der Waals surface area contributed by atoms with Crippen molar-refractivity contribution < 1.29 is 14.1 Å². The molecule has 10 heteroatoms. The van der Waals surface area contributed by atoms with E-state index in [1.807, 2.05) is 62.4 Å². The van der Waals surface area contributed by atoms with Gasteiger partial charge in [-0.3, -0.25) is 14.8 Å². The summed E-state index contributed by atoms with van der Waals surface area (Å²) >= 11 is 0. The first-order valence-electron chi connectivity index (χ1n) is 10.4. The molecule has 3 amide bonds. The lowest BCUT2D eigenvalue weighted by molar-refractivity contribution is -0.131. The highest BCUT2D eigenvalue weighted by atomic mass is 16.5. The normalized spacial score (nSPS) is 18.1. The van der Waals surface area contributed by atoms with Gasteiger partial charge < -0.3 is 9.84 Å². The number of hydrogen-bond acceptors (Lipinski definition) is 7. The Morgan fingerprint density at radius 1 is 1.00 bits per heavy atom. The Bertz CT molecular complexity index is 1360. The molecule has 1 unspecified atom stereocenters. The van der Waals surface area contributed by atoms with Crippen molar-refractivity contribution >= 4 is 11.9 Å². The number of nitrogens with zero attached hydrogens (tertiary/aromatic N) is 5. The summed E-state index contributed by atoms with van der Waals surface area (Å²) in [7, 11) is 0. The Morgan fingerprint density at radius 3 is 2.42 bits per heavy atom. The molecule has 1 atom stereocenters. The van der Waals surface area contributed by atoms with Crippen molar-refractivity contribution in [2.45, 2.75) is 32.9 Å². The van der Waals surface area contributed by atoms with Crippen LogP contribution in [0.4, 0.5) is 4.79 Å². The van der Waals surface area contributed by atoms with Crippen LogP contribution in [0.2, 0.25) is 0 Å². The number of aromatic amines is 1. The average Bonchev–Trinajstić information content (AvgIpc) is 3.51. The third-order valence-electron chi connectivity index (χ3n) is 5.64. The van der Waals surface area contributed by atoms with Gasteiger partial charge in [0.05, 0.1) is 0 Å². The fraction of sp³-hybridized carbons (Fsp3) is 0.217.